The van der Waals surface area contributed by atoms with Gasteiger partial charge in [-0.3, -0.25) is 0 Å². The van der Waals surface area contributed by atoms with E-state index < -0.39 is 17.5 Å². The van der Waals surface area contributed by atoms with Crippen LogP contribution in [0, 0.1) is 5.92 Å². The highest BCUT2D eigenvalue weighted by atomic mass is 16.5. The second-order valence-corrected chi connectivity index (χ2v) is 4.56. The zero-order chi connectivity index (χ0) is 12.9. The van der Waals surface area contributed by atoms with Gasteiger partial charge in [0, 0.05) is 19.1 Å². The number of ether oxygens (including phenoxy) is 1. The fraction of sp³-hybridized carbons (Fsp3) is 0.818. The second-order valence-electron chi connectivity index (χ2n) is 4.56. The zero-order valence-corrected chi connectivity index (χ0v) is 10.3. The summed E-state index contributed by atoms with van der Waals surface area (Å²) >= 11 is 0. The van der Waals surface area contributed by atoms with Gasteiger partial charge >= 0.3 is 12.0 Å². The summed E-state index contributed by atoms with van der Waals surface area (Å²) in [5.74, 6) is -0.696. The molecule has 6 heteroatoms. The predicted octanol–water partition coefficient (Wildman–Crippen LogP) is 0.575. The van der Waals surface area contributed by atoms with Gasteiger partial charge in [-0.2, -0.15) is 0 Å². The highest BCUT2D eigenvalue weighted by molar-refractivity contribution is 5.85. The molecular weight excluding hydrogens is 224 g/mol. The normalized spacial score (nSPS) is 22.8. The van der Waals surface area contributed by atoms with E-state index in [1.165, 1.54) is 6.92 Å². The molecule has 0 aromatic heterocycles. The Kier molecular flexibility index (Phi) is 4.74. The zero-order valence-electron chi connectivity index (χ0n) is 10.3. The van der Waals surface area contributed by atoms with Crippen LogP contribution < -0.4 is 10.6 Å². The van der Waals surface area contributed by atoms with Gasteiger partial charge in [0.25, 0.3) is 0 Å². The summed E-state index contributed by atoms with van der Waals surface area (Å²) in [5, 5.41) is 14.2. The van der Waals surface area contributed by atoms with Gasteiger partial charge in [0.2, 0.25) is 0 Å². The molecule has 6 nitrogen and oxygen atoms in total. The molecule has 1 aliphatic heterocycles. The third-order valence-corrected chi connectivity index (χ3v) is 3.14. The summed E-state index contributed by atoms with van der Waals surface area (Å²) in [4.78, 5) is 22.5. The number of carboxylic acids is 1. The van der Waals surface area contributed by atoms with Crippen LogP contribution in [0.3, 0.4) is 0 Å². The first kappa shape index (κ1) is 13.8. The molecular formula is C11H20N2O4. The lowest BCUT2D eigenvalue weighted by atomic mass is 10.00. The largest absolute Gasteiger partial charge is 0.480 e. The van der Waals surface area contributed by atoms with Gasteiger partial charge in [-0.1, -0.05) is 6.92 Å². The van der Waals surface area contributed by atoms with Crippen LogP contribution in [0.15, 0.2) is 0 Å². The molecule has 1 heterocycles. The predicted molar refractivity (Wildman–Crippen MR) is 61.8 cm³/mol. The van der Waals surface area contributed by atoms with E-state index in [0.29, 0.717) is 25.5 Å². The number of hydrogen-bond acceptors (Lipinski definition) is 3. The average molecular weight is 244 g/mol. The lowest BCUT2D eigenvalue weighted by Gasteiger charge is -2.25. The van der Waals surface area contributed by atoms with Crippen molar-refractivity contribution in [2.24, 2.45) is 5.92 Å². The minimum Gasteiger partial charge on any atom is -0.480 e. The molecule has 0 aromatic carbocycles. The maximum atomic E-state index is 11.6. The maximum absolute atomic E-state index is 11.6. The van der Waals surface area contributed by atoms with E-state index in [1.54, 1.807) is 6.92 Å². The van der Waals surface area contributed by atoms with E-state index in [0.717, 1.165) is 13.0 Å². The van der Waals surface area contributed by atoms with Crippen LogP contribution in [0.5, 0.6) is 0 Å². The minimum absolute atomic E-state index is 0.332. The first-order chi connectivity index (χ1) is 7.98. The van der Waals surface area contributed by atoms with E-state index in [9.17, 15) is 9.59 Å². The van der Waals surface area contributed by atoms with Gasteiger partial charge in [-0.15, -0.1) is 0 Å². The molecule has 17 heavy (non-hydrogen) atoms. The van der Waals surface area contributed by atoms with Crippen molar-refractivity contribution in [1.29, 1.82) is 0 Å². The Labute approximate surface area is 101 Å². The molecule has 0 aromatic rings. The first-order valence-electron chi connectivity index (χ1n) is 5.85. The van der Waals surface area contributed by atoms with E-state index in [1.807, 2.05) is 0 Å². The lowest BCUT2D eigenvalue weighted by molar-refractivity contribution is -0.143. The van der Waals surface area contributed by atoms with E-state index >= 15 is 0 Å². The van der Waals surface area contributed by atoms with Gasteiger partial charge in [-0.25, -0.2) is 9.59 Å². The molecule has 3 N–H and O–H groups in total. The highest BCUT2D eigenvalue weighted by Gasteiger charge is 2.32. The van der Waals surface area contributed by atoms with Crippen molar-refractivity contribution >= 4 is 12.0 Å². The Balaban J connectivity index is 2.34. The van der Waals surface area contributed by atoms with Crippen molar-refractivity contribution in [3.8, 4) is 0 Å². The Morgan fingerprint density at radius 2 is 2.24 bits per heavy atom. The van der Waals surface area contributed by atoms with E-state index in [2.05, 4.69) is 10.6 Å². The summed E-state index contributed by atoms with van der Waals surface area (Å²) < 4.78 is 5.18. The third-order valence-electron chi connectivity index (χ3n) is 3.14. The van der Waals surface area contributed by atoms with Crippen molar-refractivity contribution < 1.29 is 19.4 Å². The van der Waals surface area contributed by atoms with E-state index in [-0.39, 0.29) is 0 Å². The summed E-state index contributed by atoms with van der Waals surface area (Å²) in [6.07, 6.45) is 1.27. The van der Waals surface area contributed by atoms with Crippen molar-refractivity contribution in [2.75, 3.05) is 19.8 Å². The topological polar surface area (TPSA) is 87.7 Å². The molecule has 98 valence electrons. The van der Waals surface area contributed by atoms with Crippen LogP contribution in [0.1, 0.15) is 26.7 Å². The number of hydrogen-bond donors (Lipinski definition) is 3. The van der Waals surface area contributed by atoms with Gasteiger partial charge in [0.1, 0.15) is 5.54 Å². The van der Waals surface area contributed by atoms with Gasteiger partial charge < -0.3 is 20.5 Å². The standard InChI is InChI=1S/C11H20N2O4/c1-3-11(2,9(14)15)13-10(16)12-6-8-4-5-17-7-8/h8H,3-7H2,1-2H3,(H,14,15)(H2,12,13,16). The molecule has 0 radical (unpaired) electrons. The molecule has 0 spiro atoms. The van der Waals surface area contributed by atoms with Crippen LogP contribution in [0.4, 0.5) is 4.79 Å². The van der Waals surface area contributed by atoms with Crippen molar-refractivity contribution in [3.63, 3.8) is 0 Å². The summed E-state index contributed by atoms with van der Waals surface area (Å²) in [6.45, 7) is 5.12. The van der Waals surface area contributed by atoms with E-state index in [4.69, 9.17) is 9.84 Å². The Bertz CT molecular complexity index is 289. The average Bonchev–Trinajstić information content (AvgIpc) is 2.78. The Morgan fingerprint density at radius 1 is 1.53 bits per heavy atom. The minimum atomic E-state index is -1.21. The Hall–Kier alpha value is -1.30. The number of carbonyl (C=O) groups is 2. The second kappa shape index (κ2) is 5.86. The quantitative estimate of drug-likeness (QED) is 0.660. The van der Waals surface area contributed by atoms with Crippen molar-refractivity contribution in [3.05, 3.63) is 0 Å². The van der Waals surface area contributed by atoms with Crippen LogP contribution in [-0.4, -0.2) is 42.4 Å². The molecule has 2 unspecified atom stereocenters. The number of amides is 2. The van der Waals surface area contributed by atoms with Crippen LogP contribution in [0.2, 0.25) is 0 Å². The molecule has 0 saturated carbocycles. The number of rotatable bonds is 5. The summed E-state index contributed by atoms with van der Waals surface area (Å²) in [5.41, 5.74) is -1.21. The maximum Gasteiger partial charge on any atom is 0.329 e. The summed E-state index contributed by atoms with van der Waals surface area (Å²) in [6, 6.07) is -0.441. The number of nitrogens with one attached hydrogen (secondary N) is 2. The monoisotopic (exact) mass is 244 g/mol. The molecule has 1 fully saturated rings. The number of carboxylic acid groups (broad SMARTS) is 1. The van der Waals surface area contributed by atoms with Gasteiger partial charge in [0.15, 0.2) is 0 Å². The third kappa shape index (κ3) is 3.89. The van der Waals surface area contributed by atoms with Crippen LogP contribution >= 0.6 is 0 Å². The van der Waals surface area contributed by atoms with Crippen LogP contribution in [-0.2, 0) is 9.53 Å². The fourth-order valence-corrected chi connectivity index (χ4v) is 1.57. The number of urea groups is 1. The fourth-order valence-electron chi connectivity index (χ4n) is 1.57. The number of carbonyl (C=O) groups excluding carboxylic acids is 1. The SMILES string of the molecule is CCC(C)(NC(=O)NCC1CCOC1)C(=O)O. The highest BCUT2D eigenvalue weighted by Crippen LogP contribution is 2.11. The molecule has 1 rings (SSSR count). The summed E-state index contributed by atoms with van der Waals surface area (Å²) in [7, 11) is 0. The molecule has 0 bridgehead atoms. The molecule has 2 atom stereocenters. The lowest BCUT2D eigenvalue weighted by Crippen LogP contribution is -2.55. The molecule has 1 saturated heterocycles. The Morgan fingerprint density at radius 3 is 2.71 bits per heavy atom. The first-order valence-corrected chi connectivity index (χ1v) is 5.85. The molecule has 2 amide bonds. The van der Waals surface area contributed by atoms with Crippen molar-refractivity contribution in [2.45, 2.75) is 32.2 Å². The van der Waals surface area contributed by atoms with Gasteiger partial charge in [-0.05, 0) is 19.8 Å². The van der Waals surface area contributed by atoms with Gasteiger partial charge in [0.05, 0.1) is 6.61 Å². The molecule has 1 aliphatic rings. The number of aliphatic carboxylic acids is 1. The van der Waals surface area contributed by atoms with Crippen LogP contribution in [0.25, 0.3) is 0 Å². The molecule has 0 aliphatic carbocycles. The smallest absolute Gasteiger partial charge is 0.329 e. The van der Waals surface area contributed by atoms with Crippen molar-refractivity contribution in [1.82, 2.24) is 10.6 Å².